The molecule has 1 unspecified atom stereocenters. The number of nitriles is 1. The molecule has 2 aromatic rings. The van der Waals surface area contributed by atoms with Gasteiger partial charge in [0.2, 0.25) is 0 Å². The SMILES string of the molecule is Cc1cccc(N/C=C(\C#N)[C@@H]2C(=O)C=CC2Nc2cccc(C)c2)c1. The number of benzene rings is 2. The van der Waals surface area contributed by atoms with Gasteiger partial charge in [-0.1, -0.05) is 30.3 Å². The third-order valence-corrected chi connectivity index (χ3v) is 4.36. The van der Waals surface area contributed by atoms with Gasteiger partial charge in [-0.05, 0) is 55.3 Å². The Morgan fingerprint density at radius 3 is 2.38 bits per heavy atom. The number of anilines is 2. The lowest BCUT2D eigenvalue weighted by Gasteiger charge is -2.20. The molecule has 1 aliphatic rings. The van der Waals surface area contributed by atoms with Crippen LogP contribution in [0, 0.1) is 31.1 Å². The summed E-state index contributed by atoms with van der Waals surface area (Å²) in [6.07, 6.45) is 5.01. The summed E-state index contributed by atoms with van der Waals surface area (Å²) >= 11 is 0. The Hall–Kier alpha value is -3.32. The zero-order chi connectivity index (χ0) is 18.5. The summed E-state index contributed by atoms with van der Waals surface area (Å²) in [7, 11) is 0. The first-order valence-corrected chi connectivity index (χ1v) is 8.55. The molecule has 1 aliphatic carbocycles. The van der Waals surface area contributed by atoms with E-state index in [9.17, 15) is 10.1 Å². The molecular weight excluding hydrogens is 322 g/mol. The van der Waals surface area contributed by atoms with E-state index in [0.717, 1.165) is 22.5 Å². The van der Waals surface area contributed by atoms with Gasteiger partial charge in [-0.3, -0.25) is 4.79 Å². The molecule has 26 heavy (non-hydrogen) atoms. The second-order valence-electron chi connectivity index (χ2n) is 6.50. The van der Waals surface area contributed by atoms with Crippen LogP contribution >= 0.6 is 0 Å². The molecule has 0 saturated carbocycles. The summed E-state index contributed by atoms with van der Waals surface area (Å²) in [5.41, 5.74) is 4.49. The highest BCUT2D eigenvalue weighted by molar-refractivity contribution is 5.98. The third-order valence-electron chi connectivity index (χ3n) is 4.36. The highest BCUT2D eigenvalue weighted by Gasteiger charge is 2.33. The first-order chi connectivity index (χ1) is 12.6. The van der Waals surface area contributed by atoms with Crippen molar-refractivity contribution < 1.29 is 4.79 Å². The number of rotatable bonds is 5. The Balaban J connectivity index is 1.80. The highest BCUT2D eigenvalue weighted by Crippen LogP contribution is 2.27. The van der Waals surface area contributed by atoms with Crippen LogP contribution in [0.5, 0.6) is 0 Å². The van der Waals surface area contributed by atoms with E-state index in [2.05, 4.69) is 16.7 Å². The van der Waals surface area contributed by atoms with Crippen LogP contribution in [0.3, 0.4) is 0 Å². The average Bonchev–Trinajstić information content (AvgIpc) is 2.96. The Morgan fingerprint density at radius 2 is 1.73 bits per heavy atom. The number of aryl methyl sites for hydroxylation is 2. The minimum Gasteiger partial charge on any atom is -0.378 e. The van der Waals surface area contributed by atoms with E-state index in [0.29, 0.717) is 5.57 Å². The minimum atomic E-state index is -0.530. The van der Waals surface area contributed by atoms with Gasteiger partial charge < -0.3 is 10.6 Å². The van der Waals surface area contributed by atoms with Gasteiger partial charge in [0.1, 0.15) is 0 Å². The van der Waals surface area contributed by atoms with Crippen molar-refractivity contribution in [2.24, 2.45) is 5.92 Å². The molecule has 3 rings (SSSR count). The topological polar surface area (TPSA) is 64.9 Å². The summed E-state index contributed by atoms with van der Waals surface area (Å²) in [5, 5.41) is 16.1. The first kappa shape index (κ1) is 17.5. The Kier molecular flexibility index (Phi) is 5.19. The zero-order valence-electron chi connectivity index (χ0n) is 14.9. The predicted octanol–water partition coefficient (Wildman–Crippen LogP) is 4.36. The Labute approximate surface area is 153 Å². The van der Waals surface area contributed by atoms with Crippen LogP contribution < -0.4 is 10.6 Å². The fraction of sp³-hybridized carbons (Fsp3) is 0.182. The van der Waals surface area contributed by atoms with Crippen molar-refractivity contribution in [2.45, 2.75) is 19.9 Å². The zero-order valence-corrected chi connectivity index (χ0v) is 14.9. The number of allylic oxidation sites excluding steroid dienone is 1. The fourth-order valence-electron chi connectivity index (χ4n) is 3.08. The molecule has 130 valence electrons. The van der Waals surface area contributed by atoms with Crippen LogP contribution in [0.4, 0.5) is 11.4 Å². The van der Waals surface area contributed by atoms with E-state index < -0.39 is 5.92 Å². The number of hydrogen-bond donors (Lipinski definition) is 2. The van der Waals surface area contributed by atoms with Crippen LogP contribution in [-0.4, -0.2) is 11.8 Å². The first-order valence-electron chi connectivity index (χ1n) is 8.55. The van der Waals surface area contributed by atoms with Gasteiger partial charge in [0.05, 0.1) is 23.6 Å². The van der Waals surface area contributed by atoms with Gasteiger partial charge in [-0.25, -0.2) is 0 Å². The van der Waals surface area contributed by atoms with E-state index in [4.69, 9.17) is 0 Å². The van der Waals surface area contributed by atoms with Gasteiger partial charge >= 0.3 is 0 Å². The number of carbonyl (C=O) groups is 1. The van der Waals surface area contributed by atoms with Crippen LogP contribution in [-0.2, 0) is 4.79 Å². The van der Waals surface area contributed by atoms with E-state index in [-0.39, 0.29) is 11.8 Å². The van der Waals surface area contributed by atoms with Gasteiger partial charge in [0.25, 0.3) is 0 Å². The molecule has 4 heteroatoms. The van der Waals surface area contributed by atoms with Crippen molar-refractivity contribution in [3.8, 4) is 6.07 Å². The molecule has 0 radical (unpaired) electrons. The molecule has 0 bridgehead atoms. The summed E-state index contributed by atoms with van der Waals surface area (Å²) in [4.78, 5) is 12.4. The standard InChI is InChI=1S/C22H21N3O/c1-15-5-3-7-18(11-15)24-14-17(13-23)22-20(9-10-21(22)26)25-19-8-4-6-16(2)12-19/h3-12,14,20,22,24-25H,1-2H3/b17-14+/t20?,22-/m0/s1. The molecule has 2 aromatic carbocycles. The van der Waals surface area contributed by atoms with Crippen molar-refractivity contribution in [2.75, 3.05) is 10.6 Å². The maximum Gasteiger partial charge on any atom is 0.166 e. The predicted molar refractivity (Wildman–Crippen MR) is 105 cm³/mol. The maximum absolute atomic E-state index is 12.4. The minimum absolute atomic E-state index is 0.0611. The summed E-state index contributed by atoms with van der Waals surface area (Å²) in [6, 6.07) is 17.8. The molecule has 4 nitrogen and oxygen atoms in total. The van der Waals surface area contributed by atoms with E-state index in [1.165, 1.54) is 0 Å². The van der Waals surface area contributed by atoms with E-state index in [1.807, 2.05) is 68.5 Å². The number of ketones is 1. The lowest BCUT2D eigenvalue weighted by atomic mass is 9.93. The molecule has 0 aliphatic heterocycles. The number of hydrogen-bond acceptors (Lipinski definition) is 4. The Morgan fingerprint density at radius 1 is 1.08 bits per heavy atom. The monoisotopic (exact) mass is 343 g/mol. The molecule has 0 saturated heterocycles. The largest absolute Gasteiger partial charge is 0.378 e. The molecule has 2 atom stereocenters. The molecule has 2 N–H and O–H groups in total. The smallest absolute Gasteiger partial charge is 0.166 e. The van der Waals surface area contributed by atoms with Gasteiger partial charge in [-0.15, -0.1) is 0 Å². The number of carbonyl (C=O) groups excluding carboxylic acids is 1. The molecule has 0 heterocycles. The van der Waals surface area contributed by atoms with E-state index >= 15 is 0 Å². The van der Waals surface area contributed by atoms with Crippen LogP contribution in [0.1, 0.15) is 11.1 Å². The van der Waals surface area contributed by atoms with Gasteiger partial charge in [0, 0.05) is 17.6 Å². The number of nitrogens with one attached hydrogen (secondary N) is 2. The van der Waals surface area contributed by atoms with Crippen LogP contribution in [0.25, 0.3) is 0 Å². The lowest BCUT2D eigenvalue weighted by molar-refractivity contribution is -0.116. The van der Waals surface area contributed by atoms with Crippen molar-refractivity contribution in [1.29, 1.82) is 5.26 Å². The van der Waals surface area contributed by atoms with Crippen LogP contribution in [0.2, 0.25) is 0 Å². The second kappa shape index (κ2) is 7.71. The molecule has 0 aromatic heterocycles. The van der Waals surface area contributed by atoms with Crippen molar-refractivity contribution in [3.63, 3.8) is 0 Å². The summed E-state index contributed by atoms with van der Waals surface area (Å²) < 4.78 is 0. The Bertz CT molecular complexity index is 921. The van der Waals surface area contributed by atoms with Crippen molar-refractivity contribution in [1.82, 2.24) is 0 Å². The van der Waals surface area contributed by atoms with Gasteiger partial charge in [-0.2, -0.15) is 5.26 Å². The summed E-state index contributed by atoms with van der Waals surface area (Å²) in [5.74, 6) is -0.591. The molecule has 0 amide bonds. The summed E-state index contributed by atoms with van der Waals surface area (Å²) in [6.45, 7) is 4.02. The van der Waals surface area contributed by atoms with Crippen molar-refractivity contribution >= 4 is 17.2 Å². The normalized spacial score (nSPS) is 19.3. The maximum atomic E-state index is 12.4. The number of nitrogens with zero attached hydrogens (tertiary/aromatic N) is 1. The molecular formula is C22H21N3O. The quantitative estimate of drug-likeness (QED) is 0.792. The second-order valence-corrected chi connectivity index (χ2v) is 6.50. The van der Waals surface area contributed by atoms with Gasteiger partial charge in [0.15, 0.2) is 5.78 Å². The highest BCUT2D eigenvalue weighted by atomic mass is 16.1. The third kappa shape index (κ3) is 4.01. The molecule has 0 fully saturated rings. The molecule has 0 spiro atoms. The lowest BCUT2D eigenvalue weighted by Crippen LogP contribution is -2.29. The van der Waals surface area contributed by atoms with Crippen LogP contribution in [0.15, 0.2) is 72.5 Å². The van der Waals surface area contributed by atoms with E-state index in [1.54, 1.807) is 12.3 Å². The van der Waals surface area contributed by atoms with Crippen molar-refractivity contribution in [3.05, 3.63) is 83.6 Å². The average molecular weight is 343 g/mol. The fourth-order valence-corrected chi connectivity index (χ4v) is 3.08.